The Hall–Kier alpha value is 0.110. The molecule has 1 unspecified atom stereocenters. The molecule has 20 heavy (non-hydrogen) atoms. The number of benzene rings is 1. The summed E-state index contributed by atoms with van der Waals surface area (Å²) in [5, 5.41) is 0.203. The number of rotatable bonds is 4. The van der Waals surface area contributed by atoms with Crippen molar-refractivity contribution in [3.05, 3.63) is 36.4 Å². The molecule has 3 nitrogen and oxygen atoms in total. The standard InChI is InChI=1S/C11H15O3P.C2H6.2CH4.Na/c1-4-14-15(12,13)11-7-5-10(6-8-11)9(2)3;1-2;;;/h5-8H,2,4H2,1,3H3,(H,12,13);1-2H3;2*1H4;/q;;;;+1/p-1. The molecule has 0 aliphatic rings. The van der Waals surface area contributed by atoms with Crippen molar-refractivity contribution >= 4 is 18.5 Å². The first-order valence-electron chi connectivity index (χ1n) is 5.69. The second kappa shape index (κ2) is 14.1. The summed E-state index contributed by atoms with van der Waals surface area (Å²) in [6.45, 7) is 11.4. The average molecular weight is 310 g/mol. The van der Waals surface area contributed by atoms with Gasteiger partial charge in [0.15, 0.2) is 7.60 Å². The zero-order chi connectivity index (χ0) is 13.5. The van der Waals surface area contributed by atoms with Crippen LogP contribution in [0.3, 0.4) is 0 Å². The number of allylic oxidation sites excluding steroid dienone is 1. The van der Waals surface area contributed by atoms with Gasteiger partial charge in [-0.2, -0.15) is 0 Å². The predicted molar refractivity (Wildman–Crippen MR) is 84.8 cm³/mol. The van der Waals surface area contributed by atoms with Gasteiger partial charge in [-0.05, 0) is 31.5 Å². The van der Waals surface area contributed by atoms with Crippen molar-refractivity contribution in [1.82, 2.24) is 0 Å². The van der Waals surface area contributed by atoms with E-state index in [2.05, 4.69) is 6.58 Å². The van der Waals surface area contributed by atoms with Crippen LogP contribution < -0.4 is 39.8 Å². The molecular weight excluding hydrogens is 282 g/mol. The Labute approximate surface area is 147 Å². The van der Waals surface area contributed by atoms with Gasteiger partial charge in [-0.15, -0.1) is 0 Å². The van der Waals surface area contributed by atoms with E-state index in [1.165, 1.54) is 12.1 Å². The quantitative estimate of drug-likeness (QED) is 0.621. The van der Waals surface area contributed by atoms with E-state index in [1.807, 2.05) is 20.8 Å². The first kappa shape index (κ1) is 28.3. The van der Waals surface area contributed by atoms with E-state index in [-0.39, 0.29) is 56.3 Å². The van der Waals surface area contributed by atoms with E-state index < -0.39 is 7.60 Å². The Morgan fingerprint density at radius 1 is 1.25 bits per heavy atom. The molecule has 0 aliphatic carbocycles. The van der Waals surface area contributed by atoms with Gasteiger partial charge in [0.05, 0.1) is 6.61 Å². The molecule has 1 atom stereocenters. The zero-order valence-corrected chi connectivity index (χ0v) is 14.8. The minimum atomic E-state index is -3.87. The molecule has 1 aromatic carbocycles. The van der Waals surface area contributed by atoms with Crippen molar-refractivity contribution in [1.29, 1.82) is 0 Å². The minimum absolute atomic E-state index is 0. The molecule has 0 fully saturated rings. The molecule has 1 aromatic rings. The van der Waals surface area contributed by atoms with E-state index in [9.17, 15) is 9.46 Å². The third-order valence-electron chi connectivity index (χ3n) is 1.98. The Balaban J connectivity index is -0.000000244. The molecular formula is C15H28NaO3P. The maximum atomic E-state index is 11.5. The van der Waals surface area contributed by atoms with Crippen LogP contribution in [0.15, 0.2) is 30.8 Å². The predicted octanol–water partition coefficient (Wildman–Crippen LogP) is 1.24. The van der Waals surface area contributed by atoms with Crippen LogP contribution in [0.1, 0.15) is 48.1 Å². The van der Waals surface area contributed by atoms with Gasteiger partial charge in [0, 0.05) is 5.30 Å². The van der Waals surface area contributed by atoms with Crippen LogP contribution in [0.4, 0.5) is 0 Å². The molecule has 0 saturated heterocycles. The third-order valence-corrected chi connectivity index (χ3v) is 3.50. The summed E-state index contributed by atoms with van der Waals surface area (Å²) in [5.41, 5.74) is 1.83. The van der Waals surface area contributed by atoms with E-state index in [0.29, 0.717) is 0 Å². The van der Waals surface area contributed by atoms with Crippen molar-refractivity contribution < 1.29 is 43.5 Å². The molecule has 1 rings (SSSR count). The average Bonchev–Trinajstić information content (AvgIpc) is 2.32. The topological polar surface area (TPSA) is 49.4 Å². The van der Waals surface area contributed by atoms with Crippen LogP contribution in [-0.4, -0.2) is 6.61 Å². The molecule has 0 heterocycles. The molecule has 0 saturated carbocycles. The van der Waals surface area contributed by atoms with Crippen LogP contribution in [0.2, 0.25) is 0 Å². The molecule has 0 N–H and O–H groups in total. The molecule has 0 aromatic heterocycles. The van der Waals surface area contributed by atoms with Crippen LogP contribution >= 0.6 is 7.60 Å². The van der Waals surface area contributed by atoms with Crippen molar-refractivity contribution in [2.24, 2.45) is 0 Å². The fourth-order valence-corrected chi connectivity index (χ4v) is 2.18. The smallest absolute Gasteiger partial charge is 0.775 e. The first-order chi connectivity index (χ1) is 7.97. The van der Waals surface area contributed by atoms with Crippen LogP contribution in [0.5, 0.6) is 0 Å². The Morgan fingerprint density at radius 2 is 1.65 bits per heavy atom. The number of hydrogen-bond donors (Lipinski definition) is 0. The van der Waals surface area contributed by atoms with E-state index in [1.54, 1.807) is 19.1 Å². The molecule has 5 heteroatoms. The Kier molecular flexibility index (Phi) is 19.9. The monoisotopic (exact) mass is 310 g/mol. The van der Waals surface area contributed by atoms with Crippen LogP contribution in [0, 0.1) is 0 Å². The summed E-state index contributed by atoms with van der Waals surface area (Å²) in [5.74, 6) is 0. The summed E-state index contributed by atoms with van der Waals surface area (Å²) < 4.78 is 16.2. The zero-order valence-electron chi connectivity index (χ0n) is 11.9. The largest absolute Gasteiger partial charge is 1.00 e. The molecule has 0 bridgehead atoms. The minimum Gasteiger partial charge on any atom is -0.775 e. The van der Waals surface area contributed by atoms with Gasteiger partial charge in [-0.3, -0.25) is 0 Å². The van der Waals surface area contributed by atoms with Crippen molar-refractivity contribution in [2.75, 3.05) is 6.61 Å². The molecule has 0 spiro atoms. The van der Waals surface area contributed by atoms with Crippen LogP contribution in [0.25, 0.3) is 5.57 Å². The molecule has 0 amide bonds. The van der Waals surface area contributed by atoms with Crippen molar-refractivity contribution in [3.63, 3.8) is 0 Å². The normalized spacial score (nSPS) is 11.2. The molecule has 0 aliphatic heterocycles. The van der Waals surface area contributed by atoms with Crippen LogP contribution in [-0.2, 0) is 9.09 Å². The maximum Gasteiger partial charge on any atom is 1.00 e. The summed E-state index contributed by atoms with van der Waals surface area (Å²) in [7, 11) is -3.87. The van der Waals surface area contributed by atoms with Gasteiger partial charge in [0.2, 0.25) is 0 Å². The summed E-state index contributed by atoms with van der Waals surface area (Å²) in [4.78, 5) is 11.5. The summed E-state index contributed by atoms with van der Waals surface area (Å²) in [6, 6.07) is 6.52. The summed E-state index contributed by atoms with van der Waals surface area (Å²) >= 11 is 0. The fourth-order valence-electron chi connectivity index (χ4n) is 1.17. The van der Waals surface area contributed by atoms with E-state index in [0.717, 1.165) is 11.1 Å². The molecule has 112 valence electrons. The van der Waals surface area contributed by atoms with Crippen molar-refractivity contribution in [2.45, 2.75) is 42.5 Å². The summed E-state index contributed by atoms with van der Waals surface area (Å²) in [6.07, 6.45) is 0. The second-order valence-electron chi connectivity index (χ2n) is 3.24. The molecule has 0 radical (unpaired) electrons. The maximum absolute atomic E-state index is 11.5. The van der Waals surface area contributed by atoms with E-state index >= 15 is 0 Å². The second-order valence-corrected chi connectivity index (χ2v) is 5.01. The van der Waals surface area contributed by atoms with Gasteiger partial charge >= 0.3 is 29.6 Å². The van der Waals surface area contributed by atoms with Gasteiger partial charge < -0.3 is 14.0 Å². The Morgan fingerprint density at radius 3 is 1.95 bits per heavy atom. The first-order valence-corrected chi connectivity index (χ1v) is 7.23. The van der Waals surface area contributed by atoms with E-state index in [4.69, 9.17) is 4.52 Å². The van der Waals surface area contributed by atoms with Crippen molar-refractivity contribution in [3.8, 4) is 0 Å². The third kappa shape index (κ3) is 9.12. The Bertz CT molecular complexity index is 402. The van der Waals surface area contributed by atoms with Gasteiger partial charge in [0.25, 0.3) is 0 Å². The SMILES string of the molecule is C.C.C=C(C)c1ccc(P(=O)([O-])OCC)cc1.CC.[Na+]. The number of hydrogen-bond acceptors (Lipinski definition) is 3. The van der Waals surface area contributed by atoms with Gasteiger partial charge in [0.1, 0.15) is 0 Å². The fraction of sp³-hybridized carbons (Fsp3) is 0.467. The van der Waals surface area contributed by atoms with Gasteiger partial charge in [-0.1, -0.05) is 53.0 Å². The van der Waals surface area contributed by atoms with Gasteiger partial charge in [-0.25, -0.2) is 0 Å².